The fourth-order valence-corrected chi connectivity index (χ4v) is 4.80. The van der Waals surface area contributed by atoms with E-state index in [-0.39, 0.29) is 23.2 Å². The lowest BCUT2D eigenvalue weighted by atomic mass is 10.1. The van der Waals surface area contributed by atoms with Crippen LogP contribution in [-0.2, 0) is 14.4 Å². The van der Waals surface area contributed by atoms with Gasteiger partial charge in [-0.15, -0.1) is 11.8 Å². The third-order valence-corrected chi connectivity index (χ3v) is 6.08. The first-order chi connectivity index (χ1) is 9.42. The number of carboxylic acids is 1. The van der Waals surface area contributed by atoms with Crippen molar-refractivity contribution in [3.05, 3.63) is 0 Å². The van der Waals surface area contributed by atoms with Gasteiger partial charge in [-0.2, -0.15) is 0 Å². The van der Waals surface area contributed by atoms with Crippen molar-refractivity contribution in [1.29, 1.82) is 0 Å². The lowest BCUT2D eigenvalue weighted by Gasteiger charge is -2.31. The summed E-state index contributed by atoms with van der Waals surface area (Å²) in [7, 11) is 0. The fourth-order valence-electron chi connectivity index (χ4n) is 3.38. The van der Waals surface area contributed by atoms with Gasteiger partial charge in [0.15, 0.2) is 0 Å². The highest BCUT2D eigenvalue weighted by atomic mass is 32.2. The van der Waals surface area contributed by atoms with Crippen LogP contribution in [0, 0.1) is 5.92 Å². The summed E-state index contributed by atoms with van der Waals surface area (Å²) in [5.74, 6) is -0.725. The van der Waals surface area contributed by atoms with Crippen molar-refractivity contribution in [1.82, 2.24) is 9.80 Å². The Labute approximate surface area is 121 Å². The van der Waals surface area contributed by atoms with Crippen molar-refractivity contribution in [2.45, 2.75) is 37.1 Å². The van der Waals surface area contributed by atoms with Gasteiger partial charge in [0.1, 0.15) is 6.04 Å². The van der Waals surface area contributed by atoms with Crippen molar-refractivity contribution in [3.63, 3.8) is 0 Å². The fraction of sp³-hybridized carbons (Fsp3) is 0.769. The molecule has 3 fully saturated rings. The Kier molecular flexibility index (Phi) is 3.19. The van der Waals surface area contributed by atoms with Gasteiger partial charge in [0.2, 0.25) is 11.8 Å². The zero-order valence-corrected chi connectivity index (χ0v) is 12.2. The van der Waals surface area contributed by atoms with Gasteiger partial charge < -0.3 is 14.9 Å². The maximum atomic E-state index is 12.6. The number of amides is 2. The molecule has 0 saturated carbocycles. The Morgan fingerprint density at radius 3 is 2.85 bits per heavy atom. The molecule has 6 nitrogen and oxygen atoms in total. The Morgan fingerprint density at radius 1 is 1.45 bits per heavy atom. The minimum atomic E-state index is -0.844. The topological polar surface area (TPSA) is 77.9 Å². The van der Waals surface area contributed by atoms with Gasteiger partial charge in [0, 0.05) is 25.3 Å². The number of hydrogen-bond acceptors (Lipinski definition) is 4. The smallest absolute Gasteiger partial charge is 0.308 e. The van der Waals surface area contributed by atoms with Gasteiger partial charge >= 0.3 is 5.97 Å². The summed E-state index contributed by atoms with van der Waals surface area (Å²) in [6, 6.07) is -0.410. The monoisotopic (exact) mass is 298 g/mol. The van der Waals surface area contributed by atoms with E-state index in [1.165, 1.54) is 0 Å². The van der Waals surface area contributed by atoms with Gasteiger partial charge in [-0.25, -0.2) is 0 Å². The molecule has 0 spiro atoms. The molecule has 3 atom stereocenters. The van der Waals surface area contributed by atoms with E-state index in [0.29, 0.717) is 25.1 Å². The van der Waals surface area contributed by atoms with Crippen molar-refractivity contribution >= 4 is 29.5 Å². The molecule has 3 saturated heterocycles. The highest BCUT2D eigenvalue weighted by Crippen LogP contribution is 2.47. The summed E-state index contributed by atoms with van der Waals surface area (Å²) in [4.78, 5) is 38.6. The number of carbonyl (C=O) groups excluding carboxylic acids is 2. The van der Waals surface area contributed by atoms with Crippen LogP contribution in [0.15, 0.2) is 0 Å². The van der Waals surface area contributed by atoms with Crippen molar-refractivity contribution in [2.75, 3.05) is 18.8 Å². The summed E-state index contributed by atoms with van der Waals surface area (Å²) in [5, 5.41) is 9.00. The van der Waals surface area contributed by atoms with Crippen LogP contribution in [0.25, 0.3) is 0 Å². The molecule has 0 aromatic carbocycles. The van der Waals surface area contributed by atoms with Gasteiger partial charge in [-0.3, -0.25) is 14.4 Å². The van der Waals surface area contributed by atoms with Gasteiger partial charge in [0.25, 0.3) is 0 Å². The van der Waals surface area contributed by atoms with E-state index in [0.717, 1.165) is 6.42 Å². The highest BCUT2D eigenvalue weighted by molar-refractivity contribution is 8.01. The maximum absolute atomic E-state index is 12.6. The molecular formula is C13H18N2O4S. The second-order valence-corrected chi connectivity index (χ2v) is 7.38. The summed E-state index contributed by atoms with van der Waals surface area (Å²) in [6.07, 6.45) is 1.80. The van der Waals surface area contributed by atoms with Crippen LogP contribution < -0.4 is 0 Å². The number of hydrogen-bond donors (Lipinski definition) is 1. The molecule has 3 heterocycles. The minimum Gasteiger partial charge on any atom is -0.481 e. The molecule has 0 aliphatic carbocycles. The van der Waals surface area contributed by atoms with Gasteiger partial charge in [-0.05, 0) is 19.8 Å². The normalized spacial score (nSPS) is 36.5. The zero-order chi connectivity index (χ0) is 14.5. The van der Waals surface area contributed by atoms with Crippen LogP contribution in [-0.4, -0.2) is 62.4 Å². The lowest BCUT2D eigenvalue weighted by molar-refractivity contribution is -0.144. The molecule has 3 rings (SSSR count). The Hall–Kier alpha value is -1.24. The van der Waals surface area contributed by atoms with Crippen LogP contribution in [0.3, 0.4) is 0 Å². The predicted octanol–water partition coefficient (Wildman–Crippen LogP) is 0.373. The molecular weight excluding hydrogens is 280 g/mol. The Balaban J connectivity index is 1.72. The van der Waals surface area contributed by atoms with E-state index < -0.39 is 17.9 Å². The van der Waals surface area contributed by atoms with Crippen LogP contribution in [0.5, 0.6) is 0 Å². The number of thioether (sulfide) groups is 1. The van der Waals surface area contributed by atoms with Crippen LogP contribution in [0.2, 0.25) is 0 Å². The van der Waals surface area contributed by atoms with E-state index in [1.54, 1.807) is 21.6 Å². The minimum absolute atomic E-state index is 0.0461. The third-order valence-electron chi connectivity index (χ3n) is 4.58. The quantitative estimate of drug-likeness (QED) is 0.797. The molecule has 0 aromatic rings. The zero-order valence-electron chi connectivity index (χ0n) is 11.4. The van der Waals surface area contributed by atoms with Crippen LogP contribution in [0.4, 0.5) is 0 Å². The van der Waals surface area contributed by atoms with E-state index in [9.17, 15) is 14.4 Å². The van der Waals surface area contributed by atoms with Crippen molar-refractivity contribution in [3.8, 4) is 0 Å². The predicted molar refractivity (Wildman–Crippen MR) is 73.1 cm³/mol. The summed E-state index contributed by atoms with van der Waals surface area (Å²) in [5.41, 5.74) is 0. The maximum Gasteiger partial charge on any atom is 0.308 e. The number of rotatable bonds is 2. The summed E-state index contributed by atoms with van der Waals surface area (Å²) < 4.78 is 0. The molecule has 2 amide bonds. The molecule has 0 radical (unpaired) electrons. The van der Waals surface area contributed by atoms with E-state index in [4.69, 9.17) is 5.11 Å². The lowest BCUT2D eigenvalue weighted by Crippen LogP contribution is -2.51. The van der Waals surface area contributed by atoms with E-state index in [1.807, 2.05) is 6.92 Å². The summed E-state index contributed by atoms with van der Waals surface area (Å²) >= 11 is 1.66. The molecule has 1 N–H and O–H groups in total. The molecule has 0 aromatic heterocycles. The highest BCUT2D eigenvalue weighted by Gasteiger charge is 2.54. The number of likely N-dealkylation sites (tertiary alicyclic amines) is 1. The van der Waals surface area contributed by atoms with Crippen molar-refractivity contribution in [2.24, 2.45) is 5.92 Å². The first-order valence-corrected chi connectivity index (χ1v) is 7.89. The molecule has 3 aliphatic heterocycles. The second-order valence-electron chi connectivity index (χ2n) is 5.87. The number of nitrogens with zero attached hydrogens (tertiary/aromatic N) is 2. The average Bonchev–Trinajstić information content (AvgIpc) is 3.05. The third kappa shape index (κ3) is 1.99. The average molecular weight is 298 g/mol. The Bertz CT molecular complexity index is 483. The number of carbonyl (C=O) groups is 3. The second kappa shape index (κ2) is 4.65. The molecule has 0 bridgehead atoms. The van der Waals surface area contributed by atoms with E-state index >= 15 is 0 Å². The van der Waals surface area contributed by atoms with Gasteiger partial charge in [-0.1, -0.05) is 0 Å². The Morgan fingerprint density at radius 2 is 2.20 bits per heavy atom. The molecule has 3 aliphatic rings. The van der Waals surface area contributed by atoms with E-state index in [2.05, 4.69) is 0 Å². The molecule has 0 unspecified atom stereocenters. The largest absolute Gasteiger partial charge is 0.481 e. The standard InChI is InChI=1S/C13H18N2O4S/c1-13-4-2-10(16)15(13)9(7-20-13)11(17)14-5-3-8(6-14)12(18)19/h8-9H,2-7H2,1H3,(H,18,19)/t8-,9+,13+/m1/s1. The molecule has 7 heteroatoms. The van der Waals surface area contributed by atoms with Crippen molar-refractivity contribution < 1.29 is 19.5 Å². The van der Waals surface area contributed by atoms with Crippen LogP contribution >= 0.6 is 11.8 Å². The number of fused-ring (bicyclic) bond motifs is 1. The summed E-state index contributed by atoms with van der Waals surface area (Å²) in [6.45, 7) is 2.77. The molecule has 110 valence electrons. The number of carboxylic acid groups (broad SMARTS) is 1. The number of aliphatic carboxylic acids is 1. The van der Waals surface area contributed by atoms with Gasteiger partial charge in [0.05, 0.1) is 10.8 Å². The SMILES string of the molecule is C[C@]12CCC(=O)N1[C@H](C(=O)N1CC[C@@H](C(=O)O)C1)CS2. The first kappa shape index (κ1) is 13.7. The molecule has 20 heavy (non-hydrogen) atoms. The van der Waals surface area contributed by atoms with Crippen LogP contribution in [0.1, 0.15) is 26.2 Å². The first-order valence-electron chi connectivity index (χ1n) is 6.90.